The largest absolute Gasteiger partial charge is 0.461 e. The SMILES string of the molecule is CNCc1cc(-c2ccco2)on1.Cl. The second-order valence-corrected chi connectivity index (χ2v) is 2.69. The molecule has 14 heavy (non-hydrogen) atoms. The van der Waals surface area contributed by atoms with Crippen molar-refractivity contribution in [2.24, 2.45) is 0 Å². The van der Waals surface area contributed by atoms with Crippen LogP contribution in [0.15, 0.2) is 33.4 Å². The second kappa shape index (κ2) is 4.83. The molecule has 2 aromatic heterocycles. The van der Waals surface area contributed by atoms with Crippen LogP contribution in [-0.4, -0.2) is 12.2 Å². The molecule has 5 heteroatoms. The van der Waals surface area contributed by atoms with Crippen molar-refractivity contribution in [2.45, 2.75) is 6.54 Å². The fraction of sp³-hybridized carbons (Fsp3) is 0.222. The van der Waals surface area contributed by atoms with Gasteiger partial charge in [-0.3, -0.25) is 0 Å². The normalized spacial score (nSPS) is 9.79. The van der Waals surface area contributed by atoms with Crippen molar-refractivity contribution in [3.8, 4) is 11.5 Å². The minimum Gasteiger partial charge on any atom is -0.461 e. The van der Waals surface area contributed by atoms with Crippen LogP contribution in [0.1, 0.15) is 5.69 Å². The number of nitrogens with zero attached hydrogens (tertiary/aromatic N) is 1. The van der Waals surface area contributed by atoms with E-state index in [2.05, 4.69) is 10.5 Å². The zero-order valence-electron chi connectivity index (χ0n) is 7.69. The highest BCUT2D eigenvalue weighted by atomic mass is 35.5. The topological polar surface area (TPSA) is 51.2 Å². The van der Waals surface area contributed by atoms with Crippen LogP contribution in [-0.2, 0) is 6.54 Å². The third-order valence-electron chi connectivity index (χ3n) is 1.68. The van der Waals surface area contributed by atoms with Crippen LogP contribution in [0.25, 0.3) is 11.5 Å². The van der Waals surface area contributed by atoms with Gasteiger partial charge < -0.3 is 14.3 Å². The number of hydrogen-bond acceptors (Lipinski definition) is 4. The molecule has 0 aliphatic heterocycles. The Morgan fingerprint density at radius 3 is 2.93 bits per heavy atom. The lowest BCUT2D eigenvalue weighted by Crippen LogP contribution is -2.04. The molecule has 4 nitrogen and oxygen atoms in total. The van der Waals surface area contributed by atoms with Crippen molar-refractivity contribution >= 4 is 12.4 Å². The van der Waals surface area contributed by atoms with Gasteiger partial charge >= 0.3 is 0 Å². The quantitative estimate of drug-likeness (QED) is 0.850. The predicted octanol–water partition coefficient (Wildman–Crippen LogP) is 2.08. The van der Waals surface area contributed by atoms with E-state index in [1.54, 1.807) is 6.26 Å². The van der Waals surface area contributed by atoms with Gasteiger partial charge in [-0.15, -0.1) is 12.4 Å². The molecule has 0 atom stereocenters. The molecule has 2 rings (SSSR count). The third kappa shape index (κ3) is 2.16. The standard InChI is InChI=1S/C9H10N2O2.ClH/c1-10-6-7-5-9(13-11-7)8-3-2-4-12-8;/h2-5,10H,6H2,1H3;1H. The molecule has 0 radical (unpaired) electrons. The highest BCUT2D eigenvalue weighted by Gasteiger charge is 2.07. The lowest BCUT2D eigenvalue weighted by Gasteiger charge is -1.87. The fourth-order valence-corrected chi connectivity index (χ4v) is 1.11. The summed E-state index contributed by atoms with van der Waals surface area (Å²) in [5.41, 5.74) is 0.869. The first-order chi connectivity index (χ1) is 6.40. The minimum atomic E-state index is 0. The molecule has 76 valence electrons. The maximum Gasteiger partial charge on any atom is 0.202 e. The van der Waals surface area contributed by atoms with E-state index in [1.807, 2.05) is 25.2 Å². The minimum absolute atomic E-state index is 0. The summed E-state index contributed by atoms with van der Waals surface area (Å²) in [5.74, 6) is 1.37. The number of furan rings is 1. The molecule has 0 saturated carbocycles. The number of nitrogens with one attached hydrogen (secondary N) is 1. The second-order valence-electron chi connectivity index (χ2n) is 2.69. The maximum absolute atomic E-state index is 5.16. The average molecular weight is 215 g/mol. The van der Waals surface area contributed by atoms with Gasteiger partial charge in [-0.2, -0.15) is 0 Å². The van der Waals surface area contributed by atoms with Gasteiger partial charge in [-0.05, 0) is 19.2 Å². The van der Waals surface area contributed by atoms with Crippen molar-refractivity contribution < 1.29 is 8.94 Å². The molecule has 0 aliphatic carbocycles. The first-order valence-electron chi connectivity index (χ1n) is 4.04. The Morgan fingerprint density at radius 1 is 1.43 bits per heavy atom. The summed E-state index contributed by atoms with van der Waals surface area (Å²) in [6.45, 7) is 0.699. The average Bonchev–Trinajstić information content (AvgIpc) is 2.70. The van der Waals surface area contributed by atoms with E-state index in [0.29, 0.717) is 18.1 Å². The molecule has 0 unspecified atom stereocenters. The molecule has 0 aromatic carbocycles. The molecule has 2 heterocycles. The summed E-state index contributed by atoms with van der Waals surface area (Å²) in [5, 5.41) is 6.85. The molecular weight excluding hydrogens is 204 g/mol. The fourth-order valence-electron chi connectivity index (χ4n) is 1.11. The van der Waals surface area contributed by atoms with Crippen LogP contribution in [0.4, 0.5) is 0 Å². The summed E-state index contributed by atoms with van der Waals surface area (Å²) in [7, 11) is 1.86. The number of hydrogen-bond donors (Lipinski definition) is 1. The predicted molar refractivity (Wildman–Crippen MR) is 54.2 cm³/mol. The number of rotatable bonds is 3. The van der Waals surface area contributed by atoms with Gasteiger partial charge in [-0.25, -0.2) is 0 Å². The Kier molecular flexibility index (Phi) is 3.73. The van der Waals surface area contributed by atoms with E-state index in [9.17, 15) is 0 Å². The summed E-state index contributed by atoms with van der Waals surface area (Å²) in [6, 6.07) is 5.51. The van der Waals surface area contributed by atoms with Crippen LogP contribution in [0.2, 0.25) is 0 Å². The number of aromatic nitrogens is 1. The van der Waals surface area contributed by atoms with Gasteiger partial charge in [-0.1, -0.05) is 5.16 Å². The van der Waals surface area contributed by atoms with E-state index >= 15 is 0 Å². The lowest BCUT2D eigenvalue weighted by atomic mass is 10.3. The molecule has 0 saturated heterocycles. The maximum atomic E-state index is 5.16. The van der Waals surface area contributed by atoms with E-state index in [4.69, 9.17) is 8.94 Å². The molecular formula is C9H11ClN2O2. The van der Waals surface area contributed by atoms with Gasteiger partial charge in [0.05, 0.1) is 12.0 Å². The molecule has 1 N–H and O–H groups in total. The van der Waals surface area contributed by atoms with Gasteiger partial charge in [0.1, 0.15) is 0 Å². The summed E-state index contributed by atoms with van der Waals surface area (Å²) < 4.78 is 10.2. The first-order valence-corrected chi connectivity index (χ1v) is 4.04. The molecule has 0 fully saturated rings. The molecule has 0 bridgehead atoms. The van der Waals surface area contributed by atoms with Crippen molar-refractivity contribution in [2.75, 3.05) is 7.05 Å². The first kappa shape index (κ1) is 10.8. The van der Waals surface area contributed by atoms with Crippen molar-refractivity contribution in [1.29, 1.82) is 0 Å². The van der Waals surface area contributed by atoms with Crippen LogP contribution >= 0.6 is 12.4 Å². The van der Waals surface area contributed by atoms with E-state index in [-0.39, 0.29) is 12.4 Å². The van der Waals surface area contributed by atoms with Crippen molar-refractivity contribution in [3.63, 3.8) is 0 Å². The Hall–Kier alpha value is -1.26. The van der Waals surface area contributed by atoms with Gasteiger partial charge in [0.25, 0.3) is 0 Å². The Bertz CT molecular complexity index is 370. The highest BCUT2D eigenvalue weighted by molar-refractivity contribution is 5.85. The summed E-state index contributed by atoms with van der Waals surface area (Å²) in [6.07, 6.45) is 1.61. The van der Waals surface area contributed by atoms with Crippen LogP contribution in [0.3, 0.4) is 0 Å². The Morgan fingerprint density at radius 2 is 2.29 bits per heavy atom. The van der Waals surface area contributed by atoms with Crippen molar-refractivity contribution in [3.05, 3.63) is 30.2 Å². The Balaban J connectivity index is 0.000000980. The summed E-state index contributed by atoms with van der Waals surface area (Å²) >= 11 is 0. The van der Waals surface area contributed by atoms with E-state index in [1.165, 1.54) is 0 Å². The van der Waals surface area contributed by atoms with Crippen LogP contribution < -0.4 is 5.32 Å². The Labute approximate surface area is 87.7 Å². The van der Waals surface area contributed by atoms with Gasteiger partial charge in [0.2, 0.25) is 5.76 Å². The molecule has 0 spiro atoms. The van der Waals surface area contributed by atoms with Crippen molar-refractivity contribution in [1.82, 2.24) is 10.5 Å². The van der Waals surface area contributed by atoms with Gasteiger partial charge in [0.15, 0.2) is 5.76 Å². The lowest BCUT2D eigenvalue weighted by molar-refractivity contribution is 0.409. The zero-order chi connectivity index (χ0) is 9.10. The van der Waals surface area contributed by atoms with E-state index < -0.39 is 0 Å². The summed E-state index contributed by atoms with van der Waals surface area (Å²) in [4.78, 5) is 0. The highest BCUT2D eigenvalue weighted by Crippen LogP contribution is 2.20. The molecule has 0 aliphatic rings. The van der Waals surface area contributed by atoms with Gasteiger partial charge in [0, 0.05) is 12.6 Å². The third-order valence-corrected chi connectivity index (χ3v) is 1.68. The van der Waals surface area contributed by atoms with Crippen LogP contribution in [0, 0.1) is 0 Å². The van der Waals surface area contributed by atoms with E-state index in [0.717, 1.165) is 5.69 Å². The molecule has 0 amide bonds. The smallest absolute Gasteiger partial charge is 0.202 e. The molecule has 2 aromatic rings. The monoisotopic (exact) mass is 214 g/mol. The zero-order valence-corrected chi connectivity index (χ0v) is 8.50. The van der Waals surface area contributed by atoms with Crippen LogP contribution in [0.5, 0.6) is 0 Å². The number of halogens is 1.